The van der Waals surface area contributed by atoms with Crippen LogP contribution < -0.4 is 10.2 Å². The normalized spacial score (nSPS) is 14.9. The van der Waals surface area contributed by atoms with Crippen LogP contribution in [0.5, 0.6) is 11.5 Å². The van der Waals surface area contributed by atoms with Crippen molar-refractivity contribution in [3.8, 4) is 22.8 Å². The molecule has 3 rings (SSSR count). The van der Waals surface area contributed by atoms with Crippen molar-refractivity contribution in [3.05, 3.63) is 55.6 Å². The summed E-state index contributed by atoms with van der Waals surface area (Å²) in [5, 5.41) is 15.8. The first-order valence-corrected chi connectivity index (χ1v) is 10.6. The fourth-order valence-corrected chi connectivity index (χ4v) is 4.03. The van der Waals surface area contributed by atoms with Crippen molar-refractivity contribution in [2.24, 2.45) is 15.8 Å². The Morgan fingerprint density at radius 3 is 2.59 bits per heavy atom. The molecule has 0 saturated carbocycles. The SMILES string of the molecule is CC(C)(C)C1Cc2cc(OCCCCCN=O)c(O)cc2-c2cc(=O)c(C(=O)N=O)cn21. The molecule has 1 aliphatic rings. The van der Waals surface area contributed by atoms with Crippen LogP contribution in [0.1, 0.15) is 62.0 Å². The smallest absolute Gasteiger partial charge is 0.322 e. The predicted molar refractivity (Wildman–Crippen MR) is 120 cm³/mol. The van der Waals surface area contributed by atoms with Gasteiger partial charge in [0.05, 0.1) is 18.8 Å². The average molecular weight is 441 g/mol. The molecule has 0 fully saturated rings. The van der Waals surface area contributed by atoms with Crippen molar-refractivity contribution >= 4 is 5.91 Å². The van der Waals surface area contributed by atoms with Crippen LogP contribution in [0.15, 0.2) is 39.5 Å². The minimum absolute atomic E-state index is 0.0544. The molecule has 2 aromatic rings. The molecular weight excluding hydrogens is 414 g/mol. The zero-order chi connectivity index (χ0) is 23.5. The number of nitrogens with zero attached hydrogens (tertiary/aromatic N) is 3. The van der Waals surface area contributed by atoms with Gasteiger partial charge in [0.25, 0.3) is 0 Å². The Morgan fingerprint density at radius 2 is 1.94 bits per heavy atom. The number of phenols is 1. The standard InChI is InChI=1S/C23H27N3O6/c1-23(2,3)21-10-14-9-20(32-8-6-4-5-7-24-30)19(28)11-15(14)17-12-18(27)16(13-26(17)21)22(29)25-31/h9,11-13,21,28H,4-8,10H2,1-3H3. The van der Waals surface area contributed by atoms with Crippen LogP contribution in [0.2, 0.25) is 0 Å². The van der Waals surface area contributed by atoms with E-state index in [4.69, 9.17) is 4.74 Å². The Morgan fingerprint density at radius 1 is 1.19 bits per heavy atom. The minimum Gasteiger partial charge on any atom is -0.504 e. The van der Waals surface area contributed by atoms with E-state index in [0.717, 1.165) is 18.4 Å². The molecule has 9 nitrogen and oxygen atoms in total. The van der Waals surface area contributed by atoms with E-state index in [2.05, 4.69) is 31.1 Å². The molecule has 1 amide bonds. The number of aromatic nitrogens is 1. The predicted octanol–water partition coefficient (Wildman–Crippen LogP) is 4.59. The summed E-state index contributed by atoms with van der Waals surface area (Å²) < 4.78 is 7.58. The Hall–Kier alpha value is -3.36. The average Bonchev–Trinajstić information content (AvgIpc) is 2.74. The number of phenolic OH excluding ortho intramolecular Hbond substituents is 1. The van der Waals surface area contributed by atoms with Gasteiger partial charge in [0.15, 0.2) is 16.9 Å². The number of unbranched alkanes of at least 4 members (excludes halogenated alkanes) is 2. The largest absolute Gasteiger partial charge is 0.504 e. The molecule has 1 aromatic heterocycles. The number of amides is 1. The van der Waals surface area contributed by atoms with E-state index in [9.17, 15) is 24.5 Å². The summed E-state index contributed by atoms with van der Waals surface area (Å²) in [5.74, 6) is -0.793. The van der Waals surface area contributed by atoms with Crippen LogP contribution in [-0.2, 0) is 6.42 Å². The lowest BCUT2D eigenvalue weighted by Gasteiger charge is -2.39. The molecular formula is C23H27N3O6. The van der Waals surface area contributed by atoms with Crippen molar-refractivity contribution in [1.82, 2.24) is 4.57 Å². The van der Waals surface area contributed by atoms with Crippen LogP contribution in [0, 0.1) is 15.2 Å². The van der Waals surface area contributed by atoms with Crippen molar-refractivity contribution in [2.75, 3.05) is 13.2 Å². The Bertz CT molecular complexity index is 1100. The number of pyridine rings is 1. The van der Waals surface area contributed by atoms with Gasteiger partial charge in [-0.3, -0.25) is 9.59 Å². The van der Waals surface area contributed by atoms with Gasteiger partial charge in [0, 0.05) is 29.0 Å². The summed E-state index contributed by atoms with van der Waals surface area (Å²) in [7, 11) is 0. The van der Waals surface area contributed by atoms with Gasteiger partial charge in [0.1, 0.15) is 5.56 Å². The van der Waals surface area contributed by atoms with E-state index < -0.39 is 11.3 Å². The molecule has 1 unspecified atom stereocenters. The Kier molecular flexibility index (Phi) is 6.86. The molecule has 2 heterocycles. The maximum absolute atomic E-state index is 12.5. The Labute approximate surface area is 185 Å². The molecule has 1 aliphatic heterocycles. The third-order valence-electron chi connectivity index (χ3n) is 5.75. The van der Waals surface area contributed by atoms with E-state index in [-0.39, 0.29) is 29.3 Å². The lowest BCUT2D eigenvalue weighted by molar-refractivity contribution is 0.0998. The van der Waals surface area contributed by atoms with Crippen LogP contribution in [0.4, 0.5) is 0 Å². The first kappa shape index (κ1) is 23.3. The van der Waals surface area contributed by atoms with Gasteiger partial charge in [-0.2, -0.15) is 4.91 Å². The van der Waals surface area contributed by atoms with Crippen molar-refractivity contribution in [3.63, 3.8) is 0 Å². The quantitative estimate of drug-likeness (QED) is 0.471. The fraction of sp³-hybridized carbons (Fsp3) is 0.478. The maximum atomic E-state index is 12.5. The first-order valence-electron chi connectivity index (χ1n) is 10.6. The van der Waals surface area contributed by atoms with Gasteiger partial charge in [0.2, 0.25) is 0 Å². The zero-order valence-corrected chi connectivity index (χ0v) is 18.5. The fourth-order valence-electron chi connectivity index (χ4n) is 4.03. The summed E-state index contributed by atoms with van der Waals surface area (Å²) >= 11 is 0. The zero-order valence-electron chi connectivity index (χ0n) is 18.5. The van der Waals surface area contributed by atoms with E-state index in [1.807, 2.05) is 4.57 Å². The van der Waals surface area contributed by atoms with Gasteiger partial charge >= 0.3 is 5.91 Å². The third kappa shape index (κ3) is 4.76. The molecule has 1 aromatic carbocycles. The summed E-state index contributed by atoms with van der Waals surface area (Å²) in [5.41, 5.74) is 1.04. The summed E-state index contributed by atoms with van der Waals surface area (Å²) in [6.45, 7) is 6.84. The van der Waals surface area contributed by atoms with Crippen LogP contribution in [0.25, 0.3) is 11.3 Å². The number of carbonyl (C=O) groups is 1. The highest BCUT2D eigenvalue weighted by molar-refractivity contribution is 5.94. The van der Waals surface area contributed by atoms with E-state index >= 15 is 0 Å². The lowest BCUT2D eigenvalue weighted by Crippen LogP contribution is -2.32. The number of hydrogen-bond donors (Lipinski definition) is 1. The highest BCUT2D eigenvalue weighted by Gasteiger charge is 2.34. The molecule has 32 heavy (non-hydrogen) atoms. The van der Waals surface area contributed by atoms with Crippen molar-refractivity contribution in [2.45, 2.75) is 52.5 Å². The first-order chi connectivity index (χ1) is 15.2. The van der Waals surface area contributed by atoms with Crippen LogP contribution >= 0.6 is 0 Å². The van der Waals surface area contributed by atoms with E-state index in [0.29, 0.717) is 36.5 Å². The lowest BCUT2D eigenvalue weighted by atomic mass is 9.78. The molecule has 170 valence electrons. The van der Waals surface area contributed by atoms with Crippen LogP contribution in [-0.4, -0.2) is 28.7 Å². The number of rotatable bonds is 8. The van der Waals surface area contributed by atoms with E-state index in [1.54, 1.807) is 12.1 Å². The molecule has 0 bridgehead atoms. The monoisotopic (exact) mass is 441 g/mol. The second-order valence-electron chi connectivity index (χ2n) is 9.07. The maximum Gasteiger partial charge on any atom is 0.322 e. The third-order valence-corrected chi connectivity index (χ3v) is 5.75. The van der Waals surface area contributed by atoms with Gasteiger partial charge in [-0.15, -0.1) is 4.91 Å². The number of benzene rings is 1. The number of ether oxygens (including phenoxy) is 1. The summed E-state index contributed by atoms with van der Waals surface area (Å²) in [4.78, 5) is 45.2. The highest BCUT2D eigenvalue weighted by Crippen LogP contribution is 2.45. The van der Waals surface area contributed by atoms with E-state index in [1.165, 1.54) is 12.3 Å². The van der Waals surface area contributed by atoms with Crippen molar-refractivity contribution in [1.29, 1.82) is 0 Å². The van der Waals surface area contributed by atoms with Gasteiger partial charge in [-0.1, -0.05) is 25.9 Å². The number of hydrogen-bond acceptors (Lipinski definition) is 7. The minimum atomic E-state index is -1.10. The number of nitroso groups, excluding NO2 is 2. The highest BCUT2D eigenvalue weighted by atomic mass is 16.5. The van der Waals surface area contributed by atoms with Crippen molar-refractivity contribution < 1.29 is 14.6 Å². The molecule has 0 spiro atoms. The summed E-state index contributed by atoms with van der Waals surface area (Å²) in [6, 6.07) is 4.55. The number of fused-ring (bicyclic) bond motifs is 3. The molecule has 1 N–H and O–H groups in total. The van der Waals surface area contributed by atoms with Crippen LogP contribution in [0.3, 0.4) is 0 Å². The topological polar surface area (TPSA) is 127 Å². The second kappa shape index (κ2) is 9.42. The molecule has 9 heteroatoms. The van der Waals surface area contributed by atoms with Gasteiger partial charge in [-0.05, 0) is 48.8 Å². The number of aromatic hydroxyl groups is 1. The molecule has 1 atom stereocenters. The molecule has 0 radical (unpaired) electrons. The molecule has 0 saturated heterocycles. The summed E-state index contributed by atoms with van der Waals surface area (Å²) in [6.07, 6.45) is 4.22. The Balaban J connectivity index is 1.99. The molecule has 0 aliphatic carbocycles. The second-order valence-corrected chi connectivity index (χ2v) is 9.07. The van der Waals surface area contributed by atoms with Gasteiger partial charge in [-0.25, -0.2) is 0 Å². The van der Waals surface area contributed by atoms with Gasteiger partial charge < -0.3 is 14.4 Å². The number of carbonyl (C=O) groups excluding carboxylic acids is 1.